The molecule has 3 aromatic rings. The number of hydrogen-bond donors (Lipinski definition) is 1. The van der Waals surface area contributed by atoms with E-state index in [9.17, 15) is 9.59 Å². The van der Waals surface area contributed by atoms with Gasteiger partial charge < -0.3 is 5.32 Å². The Morgan fingerprint density at radius 3 is 2.83 bits per heavy atom. The van der Waals surface area contributed by atoms with Crippen LogP contribution in [-0.2, 0) is 17.6 Å². The summed E-state index contributed by atoms with van der Waals surface area (Å²) in [6, 6.07) is 7.13. The van der Waals surface area contributed by atoms with Gasteiger partial charge in [0.15, 0.2) is 5.16 Å². The number of thioether (sulfide) groups is 1. The van der Waals surface area contributed by atoms with Crippen molar-refractivity contribution in [2.45, 2.75) is 43.0 Å². The first-order chi connectivity index (χ1) is 14.5. The smallest absolute Gasteiger partial charge is 0.267 e. The second-order valence-corrected chi connectivity index (χ2v) is 10.0. The Morgan fingerprint density at radius 2 is 2.10 bits per heavy atom. The number of halogens is 1. The zero-order valence-electron chi connectivity index (χ0n) is 16.6. The molecule has 156 valence electrons. The van der Waals surface area contributed by atoms with E-state index in [4.69, 9.17) is 16.6 Å². The van der Waals surface area contributed by atoms with Crippen LogP contribution in [0.4, 0.5) is 0 Å². The lowest BCUT2D eigenvalue weighted by atomic mass is 9.97. The van der Waals surface area contributed by atoms with Gasteiger partial charge in [0.1, 0.15) is 4.83 Å². The molecule has 1 atom stereocenters. The highest BCUT2D eigenvalue weighted by Gasteiger charge is 2.25. The molecule has 0 spiro atoms. The molecule has 1 N–H and O–H groups in total. The number of thiophene rings is 1. The van der Waals surface area contributed by atoms with E-state index < -0.39 is 5.25 Å². The molecule has 1 aliphatic rings. The van der Waals surface area contributed by atoms with Crippen LogP contribution in [0.3, 0.4) is 0 Å². The highest BCUT2D eigenvalue weighted by atomic mass is 35.5. The van der Waals surface area contributed by atoms with Gasteiger partial charge in [-0.25, -0.2) is 4.98 Å². The van der Waals surface area contributed by atoms with Crippen molar-refractivity contribution in [3.8, 4) is 5.69 Å². The number of aromatic nitrogens is 2. The molecule has 1 amide bonds. The molecule has 0 saturated heterocycles. The van der Waals surface area contributed by atoms with Crippen LogP contribution < -0.4 is 10.9 Å². The predicted octanol–water partition coefficient (Wildman–Crippen LogP) is 4.76. The lowest BCUT2D eigenvalue weighted by molar-refractivity contribution is -0.120. The van der Waals surface area contributed by atoms with Gasteiger partial charge in [-0.1, -0.05) is 29.4 Å². The summed E-state index contributed by atoms with van der Waals surface area (Å²) in [4.78, 5) is 32.9. The fraction of sp³-hybridized carbons (Fsp3) is 0.318. The van der Waals surface area contributed by atoms with Gasteiger partial charge in [0, 0.05) is 16.4 Å². The molecule has 0 radical (unpaired) electrons. The van der Waals surface area contributed by atoms with Gasteiger partial charge in [0.25, 0.3) is 5.56 Å². The van der Waals surface area contributed by atoms with Crippen molar-refractivity contribution in [1.82, 2.24) is 14.9 Å². The summed E-state index contributed by atoms with van der Waals surface area (Å²) in [5.41, 5.74) is 1.76. The van der Waals surface area contributed by atoms with E-state index in [0.717, 1.165) is 41.5 Å². The number of nitrogens with one attached hydrogen (secondary N) is 1. The molecule has 1 aromatic carbocycles. The maximum absolute atomic E-state index is 13.7. The van der Waals surface area contributed by atoms with Gasteiger partial charge in [-0.2, -0.15) is 0 Å². The van der Waals surface area contributed by atoms with Gasteiger partial charge in [-0.05, 0) is 62.4 Å². The van der Waals surface area contributed by atoms with Gasteiger partial charge in [0.05, 0.1) is 16.3 Å². The van der Waals surface area contributed by atoms with Gasteiger partial charge in [-0.15, -0.1) is 17.9 Å². The van der Waals surface area contributed by atoms with Crippen LogP contribution in [0.5, 0.6) is 0 Å². The second kappa shape index (κ2) is 8.96. The van der Waals surface area contributed by atoms with Crippen LogP contribution in [-0.4, -0.2) is 27.3 Å². The monoisotopic (exact) mass is 459 g/mol. The third kappa shape index (κ3) is 4.06. The van der Waals surface area contributed by atoms with E-state index in [1.165, 1.54) is 16.6 Å². The topological polar surface area (TPSA) is 64.0 Å². The SMILES string of the molecule is C=CCNC(=O)C(C)Sc1nc2sc3c(c2c(=O)n1-c1ccc(Cl)cc1)CCCC3. The number of carbonyl (C=O) groups is 1. The lowest BCUT2D eigenvalue weighted by Crippen LogP contribution is -2.32. The number of fused-ring (bicyclic) bond motifs is 3. The van der Waals surface area contributed by atoms with Crippen LogP contribution in [0.2, 0.25) is 5.02 Å². The Bertz CT molecular complexity index is 1170. The maximum Gasteiger partial charge on any atom is 0.267 e. The number of nitrogens with zero attached hydrogens (tertiary/aromatic N) is 2. The highest BCUT2D eigenvalue weighted by molar-refractivity contribution is 8.00. The molecule has 2 heterocycles. The number of aryl methyl sites for hydroxylation is 2. The minimum absolute atomic E-state index is 0.0806. The Morgan fingerprint density at radius 1 is 1.37 bits per heavy atom. The Kier molecular flexibility index (Phi) is 6.32. The summed E-state index contributed by atoms with van der Waals surface area (Å²) in [6.07, 6.45) is 5.79. The molecule has 5 nitrogen and oxygen atoms in total. The van der Waals surface area contributed by atoms with E-state index in [2.05, 4.69) is 11.9 Å². The van der Waals surface area contributed by atoms with Crippen molar-refractivity contribution >= 4 is 50.8 Å². The highest BCUT2D eigenvalue weighted by Crippen LogP contribution is 2.35. The van der Waals surface area contributed by atoms with Crippen molar-refractivity contribution in [3.63, 3.8) is 0 Å². The fourth-order valence-electron chi connectivity index (χ4n) is 3.61. The summed E-state index contributed by atoms with van der Waals surface area (Å²) in [6.45, 7) is 5.84. The molecule has 8 heteroatoms. The van der Waals surface area contributed by atoms with Crippen LogP contribution in [0, 0.1) is 0 Å². The molecule has 0 aliphatic heterocycles. The van der Waals surface area contributed by atoms with E-state index in [0.29, 0.717) is 22.4 Å². The number of amides is 1. The first kappa shape index (κ1) is 21.2. The summed E-state index contributed by atoms with van der Waals surface area (Å²) in [5.74, 6) is -0.123. The van der Waals surface area contributed by atoms with E-state index in [1.54, 1.807) is 34.1 Å². The zero-order valence-corrected chi connectivity index (χ0v) is 19.0. The second-order valence-electron chi connectivity index (χ2n) is 7.20. The Hall–Kier alpha value is -2.09. The van der Waals surface area contributed by atoms with E-state index in [-0.39, 0.29) is 11.5 Å². The fourth-order valence-corrected chi connectivity index (χ4v) is 5.99. The predicted molar refractivity (Wildman–Crippen MR) is 125 cm³/mol. The van der Waals surface area contributed by atoms with Crippen LogP contribution >= 0.6 is 34.7 Å². The van der Waals surface area contributed by atoms with Crippen LogP contribution in [0.1, 0.15) is 30.2 Å². The molecule has 2 aromatic heterocycles. The maximum atomic E-state index is 13.7. The van der Waals surface area contributed by atoms with E-state index in [1.807, 2.05) is 19.1 Å². The summed E-state index contributed by atoms with van der Waals surface area (Å²) in [7, 11) is 0. The quantitative estimate of drug-likeness (QED) is 0.328. The Balaban J connectivity index is 1.86. The first-order valence-electron chi connectivity index (χ1n) is 9.88. The van der Waals surface area contributed by atoms with Crippen molar-refractivity contribution in [3.05, 3.63) is 62.7 Å². The third-order valence-corrected chi connectivity index (χ3v) is 7.60. The molecular formula is C22H22ClN3O2S2. The largest absolute Gasteiger partial charge is 0.352 e. The molecule has 1 unspecified atom stereocenters. The first-order valence-corrected chi connectivity index (χ1v) is 12.0. The molecule has 0 fully saturated rings. The minimum atomic E-state index is -0.414. The molecule has 30 heavy (non-hydrogen) atoms. The van der Waals surface area contributed by atoms with Gasteiger partial charge in [-0.3, -0.25) is 14.2 Å². The normalized spacial score (nSPS) is 14.3. The van der Waals surface area contributed by atoms with E-state index >= 15 is 0 Å². The van der Waals surface area contributed by atoms with Crippen molar-refractivity contribution in [1.29, 1.82) is 0 Å². The van der Waals surface area contributed by atoms with Gasteiger partial charge in [0.2, 0.25) is 5.91 Å². The van der Waals surface area contributed by atoms with Crippen molar-refractivity contribution in [2.24, 2.45) is 0 Å². The molecule has 0 saturated carbocycles. The molecule has 4 rings (SSSR count). The van der Waals surface area contributed by atoms with Crippen LogP contribution in [0.15, 0.2) is 46.9 Å². The van der Waals surface area contributed by atoms with Crippen LogP contribution in [0.25, 0.3) is 15.9 Å². The number of carbonyl (C=O) groups excluding carboxylic acids is 1. The van der Waals surface area contributed by atoms with Crippen molar-refractivity contribution < 1.29 is 4.79 Å². The summed E-state index contributed by atoms with van der Waals surface area (Å²) >= 11 is 8.95. The number of rotatable bonds is 6. The molecule has 0 bridgehead atoms. The summed E-state index contributed by atoms with van der Waals surface area (Å²) < 4.78 is 1.61. The standard InChI is InChI=1S/C22H22ClN3O2S2/c1-3-12-24-19(27)13(2)29-22-25-20-18(16-6-4-5-7-17(16)30-20)21(28)26(22)15-10-8-14(23)9-11-15/h3,8-11,13H,1,4-7,12H2,2H3,(H,24,27). The minimum Gasteiger partial charge on any atom is -0.352 e. The summed E-state index contributed by atoms with van der Waals surface area (Å²) in [5, 5.41) is 4.21. The lowest BCUT2D eigenvalue weighted by Gasteiger charge is -2.16. The average Bonchev–Trinajstić information content (AvgIpc) is 3.11. The van der Waals surface area contributed by atoms with Gasteiger partial charge >= 0.3 is 0 Å². The van der Waals surface area contributed by atoms with Crippen molar-refractivity contribution in [2.75, 3.05) is 6.54 Å². The Labute approximate surface area is 188 Å². The number of hydrogen-bond acceptors (Lipinski definition) is 5. The molecule has 1 aliphatic carbocycles. The molecular weight excluding hydrogens is 438 g/mol. The number of benzene rings is 1. The third-order valence-electron chi connectivity index (χ3n) is 5.12. The average molecular weight is 460 g/mol. The zero-order chi connectivity index (χ0) is 21.3.